The topological polar surface area (TPSA) is 136 Å². The van der Waals surface area contributed by atoms with Crippen molar-refractivity contribution in [1.29, 1.82) is 0 Å². The van der Waals surface area contributed by atoms with Gasteiger partial charge in [0.25, 0.3) is 11.6 Å². The van der Waals surface area contributed by atoms with E-state index in [1.807, 2.05) is 12.1 Å². The average Bonchev–Trinajstić information content (AvgIpc) is 3.08. The summed E-state index contributed by atoms with van der Waals surface area (Å²) in [5.74, 6) is 0.00780. The Kier molecular flexibility index (Phi) is 6.65. The van der Waals surface area contributed by atoms with Crippen LogP contribution in [0.3, 0.4) is 0 Å². The van der Waals surface area contributed by atoms with E-state index in [9.17, 15) is 20.0 Å². The Labute approximate surface area is 179 Å². The maximum absolute atomic E-state index is 12.0. The Hall–Kier alpha value is -3.44. The van der Waals surface area contributed by atoms with Gasteiger partial charge in [-0.1, -0.05) is 35.5 Å². The van der Waals surface area contributed by atoms with Gasteiger partial charge in [0.1, 0.15) is 5.75 Å². The maximum atomic E-state index is 12.0. The molecule has 0 aliphatic rings. The molecular weight excluding hydrogens is 432 g/mol. The number of benzene rings is 2. The van der Waals surface area contributed by atoms with Gasteiger partial charge in [-0.25, -0.2) is 5.43 Å². The molecule has 10 nitrogen and oxygen atoms in total. The number of nitro groups is 1. The van der Waals surface area contributed by atoms with E-state index >= 15 is 0 Å². The molecule has 0 aliphatic carbocycles. The molecule has 0 atom stereocenters. The van der Waals surface area contributed by atoms with E-state index in [-0.39, 0.29) is 22.8 Å². The lowest BCUT2D eigenvalue weighted by Crippen LogP contribution is -2.19. The summed E-state index contributed by atoms with van der Waals surface area (Å²) in [4.78, 5) is 22.2. The van der Waals surface area contributed by atoms with Crippen molar-refractivity contribution in [1.82, 2.24) is 20.2 Å². The molecule has 30 heavy (non-hydrogen) atoms. The number of non-ortho nitro benzene ring substituents is 1. The van der Waals surface area contributed by atoms with Crippen LogP contribution in [0.1, 0.15) is 5.56 Å². The molecule has 154 valence electrons. The molecule has 0 unspecified atom stereocenters. The number of aromatic nitrogens is 3. The van der Waals surface area contributed by atoms with Gasteiger partial charge in [0.15, 0.2) is 11.0 Å². The van der Waals surface area contributed by atoms with Crippen LogP contribution in [0, 0.1) is 10.1 Å². The first kappa shape index (κ1) is 21.3. The van der Waals surface area contributed by atoms with Crippen molar-refractivity contribution < 1.29 is 14.8 Å². The highest BCUT2D eigenvalue weighted by Gasteiger charge is 2.13. The first-order valence-corrected chi connectivity index (χ1v) is 9.79. The highest BCUT2D eigenvalue weighted by Crippen LogP contribution is 2.24. The van der Waals surface area contributed by atoms with Crippen molar-refractivity contribution in [3.63, 3.8) is 0 Å². The van der Waals surface area contributed by atoms with Crippen molar-refractivity contribution in [2.45, 2.75) is 5.16 Å². The normalized spacial score (nSPS) is 11.0. The second-order valence-electron chi connectivity index (χ2n) is 5.96. The minimum absolute atomic E-state index is 0.0137. The third kappa shape index (κ3) is 5.13. The van der Waals surface area contributed by atoms with Crippen LogP contribution in [0.2, 0.25) is 5.02 Å². The number of amides is 1. The van der Waals surface area contributed by atoms with Gasteiger partial charge in [-0.2, -0.15) is 5.10 Å². The van der Waals surface area contributed by atoms with Crippen LogP contribution >= 0.6 is 23.4 Å². The lowest BCUT2D eigenvalue weighted by molar-refractivity contribution is -0.384. The summed E-state index contributed by atoms with van der Waals surface area (Å²) < 4.78 is 1.74. The molecule has 1 aromatic heterocycles. The first-order valence-electron chi connectivity index (χ1n) is 8.42. The first-order chi connectivity index (χ1) is 14.3. The molecule has 0 saturated carbocycles. The number of hydrazone groups is 1. The summed E-state index contributed by atoms with van der Waals surface area (Å²) in [5, 5.41) is 33.5. The lowest BCUT2D eigenvalue weighted by atomic mass is 10.2. The predicted octanol–water partition coefficient (Wildman–Crippen LogP) is 2.99. The monoisotopic (exact) mass is 446 g/mol. The summed E-state index contributed by atoms with van der Waals surface area (Å²) >= 11 is 7.17. The minimum Gasteiger partial charge on any atom is -0.507 e. The van der Waals surface area contributed by atoms with Crippen LogP contribution in [0.4, 0.5) is 5.69 Å². The minimum atomic E-state index is -0.593. The number of nitrogens with zero attached hydrogens (tertiary/aromatic N) is 5. The largest absolute Gasteiger partial charge is 0.507 e. The molecular formula is C18H15ClN6O4S. The number of hydrogen-bond acceptors (Lipinski definition) is 8. The number of hydrogen-bond donors (Lipinski definition) is 2. The fourth-order valence-corrected chi connectivity index (χ4v) is 3.31. The number of phenols is 1. The number of carbonyl (C=O) groups is 1. The summed E-state index contributed by atoms with van der Waals surface area (Å²) in [6.45, 7) is 0. The van der Waals surface area contributed by atoms with E-state index in [2.05, 4.69) is 20.7 Å². The second-order valence-corrected chi connectivity index (χ2v) is 7.34. The van der Waals surface area contributed by atoms with Gasteiger partial charge >= 0.3 is 0 Å². The predicted molar refractivity (Wildman–Crippen MR) is 113 cm³/mol. The molecule has 3 aromatic rings. The Balaban J connectivity index is 1.59. The Morgan fingerprint density at radius 3 is 2.90 bits per heavy atom. The van der Waals surface area contributed by atoms with Crippen LogP contribution in [-0.4, -0.2) is 42.7 Å². The van der Waals surface area contributed by atoms with Crippen molar-refractivity contribution in [3.05, 3.63) is 63.2 Å². The van der Waals surface area contributed by atoms with Gasteiger partial charge in [-0.15, -0.1) is 10.2 Å². The number of nitro benzene ring substituents is 1. The van der Waals surface area contributed by atoms with E-state index in [1.165, 1.54) is 12.1 Å². The molecule has 0 bridgehead atoms. The van der Waals surface area contributed by atoms with E-state index in [0.29, 0.717) is 16.0 Å². The molecule has 0 radical (unpaired) electrons. The van der Waals surface area contributed by atoms with Gasteiger partial charge in [0, 0.05) is 35.3 Å². The van der Waals surface area contributed by atoms with Gasteiger partial charge in [0.05, 0.1) is 16.9 Å². The average molecular weight is 447 g/mol. The van der Waals surface area contributed by atoms with Crippen LogP contribution in [-0.2, 0) is 11.8 Å². The highest BCUT2D eigenvalue weighted by atomic mass is 35.5. The van der Waals surface area contributed by atoms with Crippen LogP contribution < -0.4 is 5.43 Å². The molecule has 0 saturated heterocycles. The number of rotatable bonds is 7. The lowest BCUT2D eigenvalue weighted by Gasteiger charge is -2.04. The molecule has 0 spiro atoms. The number of halogens is 1. The van der Waals surface area contributed by atoms with Crippen LogP contribution in [0.25, 0.3) is 11.4 Å². The van der Waals surface area contributed by atoms with E-state index in [4.69, 9.17) is 11.6 Å². The van der Waals surface area contributed by atoms with E-state index in [1.54, 1.807) is 23.7 Å². The smallest absolute Gasteiger partial charge is 0.270 e. The van der Waals surface area contributed by atoms with Crippen molar-refractivity contribution >= 4 is 41.2 Å². The molecule has 1 amide bonds. The highest BCUT2D eigenvalue weighted by molar-refractivity contribution is 7.99. The summed E-state index contributed by atoms with van der Waals surface area (Å²) in [5.41, 5.74) is 3.01. The molecule has 3 rings (SSSR count). The number of carbonyl (C=O) groups excluding carboxylic acids is 1. The third-order valence-electron chi connectivity index (χ3n) is 3.86. The Bertz CT molecular complexity index is 1130. The molecule has 2 N–H and O–H groups in total. The van der Waals surface area contributed by atoms with Crippen molar-refractivity contribution in [2.75, 3.05) is 5.75 Å². The van der Waals surface area contributed by atoms with Gasteiger partial charge in [-0.3, -0.25) is 14.9 Å². The fraction of sp³-hybridized carbons (Fsp3) is 0.111. The van der Waals surface area contributed by atoms with Gasteiger partial charge in [-0.05, 0) is 18.2 Å². The van der Waals surface area contributed by atoms with Crippen LogP contribution in [0.15, 0.2) is 52.7 Å². The van der Waals surface area contributed by atoms with Crippen molar-refractivity contribution in [3.8, 4) is 17.1 Å². The molecule has 12 heteroatoms. The third-order valence-corrected chi connectivity index (χ3v) is 5.12. The molecule has 0 fully saturated rings. The fourth-order valence-electron chi connectivity index (χ4n) is 2.41. The molecule has 0 aliphatic heterocycles. The molecule has 2 aromatic carbocycles. The van der Waals surface area contributed by atoms with Crippen molar-refractivity contribution in [2.24, 2.45) is 12.1 Å². The zero-order valence-electron chi connectivity index (χ0n) is 15.5. The summed E-state index contributed by atoms with van der Waals surface area (Å²) in [6, 6.07) is 10.7. The number of aromatic hydroxyl groups is 1. The number of thioether (sulfide) groups is 1. The SMILES string of the molecule is Cn1c(SCC(=O)N/N=C/c2cc([N+](=O)[O-])ccc2O)nnc1-c1cccc(Cl)c1. The summed E-state index contributed by atoms with van der Waals surface area (Å²) in [7, 11) is 1.78. The quantitative estimate of drug-likeness (QED) is 0.246. The van der Waals surface area contributed by atoms with Gasteiger partial charge in [0.2, 0.25) is 0 Å². The van der Waals surface area contributed by atoms with E-state index < -0.39 is 10.8 Å². The zero-order valence-corrected chi connectivity index (χ0v) is 17.1. The zero-order chi connectivity index (χ0) is 21.7. The number of phenolic OH excluding ortho intramolecular Hbond substituents is 1. The van der Waals surface area contributed by atoms with Gasteiger partial charge < -0.3 is 9.67 Å². The standard InChI is InChI=1S/C18H15ClN6O4S/c1-24-17(11-3-2-4-13(19)7-11)22-23-18(24)30-10-16(27)21-20-9-12-8-14(25(28)29)5-6-15(12)26/h2-9,26H,10H2,1H3,(H,21,27)/b20-9+. The number of nitrogens with one attached hydrogen (secondary N) is 1. The Morgan fingerprint density at radius 1 is 1.37 bits per heavy atom. The summed E-state index contributed by atoms with van der Waals surface area (Å²) in [6.07, 6.45) is 1.13. The van der Waals surface area contributed by atoms with Crippen LogP contribution in [0.5, 0.6) is 5.75 Å². The maximum Gasteiger partial charge on any atom is 0.270 e. The second kappa shape index (κ2) is 9.37. The van der Waals surface area contributed by atoms with E-state index in [0.717, 1.165) is 29.6 Å². The molecule has 1 heterocycles. The Morgan fingerprint density at radius 2 is 2.17 bits per heavy atom.